The Balaban J connectivity index is 1.95. The van der Waals surface area contributed by atoms with Gasteiger partial charge >= 0.3 is 0 Å². The van der Waals surface area contributed by atoms with Crippen molar-refractivity contribution >= 4 is 15.9 Å². The van der Waals surface area contributed by atoms with Crippen molar-refractivity contribution in [2.24, 2.45) is 5.92 Å². The van der Waals surface area contributed by atoms with Crippen LogP contribution in [0, 0.1) is 5.92 Å². The number of hydrogen-bond donors (Lipinski definition) is 2. The predicted molar refractivity (Wildman–Crippen MR) is 93.8 cm³/mol. The third-order valence-corrected chi connectivity index (χ3v) is 4.64. The highest BCUT2D eigenvalue weighted by Crippen LogP contribution is 2.34. The maximum Gasteiger partial charge on any atom is 0.162 e. The van der Waals surface area contributed by atoms with Gasteiger partial charge in [0.2, 0.25) is 0 Å². The Labute approximate surface area is 142 Å². The fourth-order valence-electron chi connectivity index (χ4n) is 2.72. The van der Waals surface area contributed by atoms with Crippen molar-refractivity contribution in [3.63, 3.8) is 0 Å². The summed E-state index contributed by atoms with van der Waals surface area (Å²) in [6.45, 7) is 8.23. The number of benzene rings is 1. The first-order valence-corrected chi connectivity index (χ1v) is 8.84. The van der Waals surface area contributed by atoms with E-state index < -0.39 is 0 Å². The smallest absolute Gasteiger partial charge is 0.162 e. The Hall–Kier alpha value is -0.780. The van der Waals surface area contributed by atoms with Crippen LogP contribution in [0.15, 0.2) is 16.6 Å². The summed E-state index contributed by atoms with van der Waals surface area (Å²) >= 11 is 3.64. The number of halogens is 1. The van der Waals surface area contributed by atoms with Crippen LogP contribution in [0.5, 0.6) is 11.5 Å². The molecule has 0 atom stereocenters. The van der Waals surface area contributed by atoms with Gasteiger partial charge in [-0.15, -0.1) is 0 Å². The first-order valence-electron chi connectivity index (χ1n) is 8.04. The molecule has 0 unspecified atom stereocenters. The van der Waals surface area contributed by atoms with Crippen molar-refractivity contribution < 1.29 is 9.47 Å². The molecule has 1 aromatic rings. The highest BCUT2D eigenvalue weighted by Gasteiger charge is 2.14. The second kappa shape index (κ2) is 8.75. The molecule has 1 saturated heterocycles. The van der Waals surface area contributed by atoms with Crippen LogP contribution >= 0.6 is 15.9 Å². The Morgan fingerprint density at radius 2 is 2.00 bits per heavy atom. The number of rotatable bonds is 7. The first-order chi connectivity index (χ1) is 10.6. The van der Waals surface area contributed by atoms with Gasteiger partial charge in [-0.1, -0.05) is 15.9 Å². The standard InChI is InChI=1S/C17H27BrN2O2/c1-12(2)22-17-9-15(18)14(8-16(17)21-3)11-20-10-13-4-6-19-7-5-13/h8-9,12-13,19-20H,4-7,10-11H2,1-3H3. The van der Waals surface area contributed by atoms with Crippen molar-refractivity contribution in [1.29, 1.82) is 0 Å². The molecule has 0 radical (unpaired) electrons. The minimum Gasteiger partial charge on any atom is -0.493 e. The fraction of sp³-hybridized carbons (Fsp3) is 0.647. The van der Waals surface area contributed by atoms with E-state index in [0.29, 0.717) is 0 Å². The average Bonchev–Trinajstić information content (AvgIpc) is 2.50. The molecule has 1 aliphatic heterocycles. The number of nitrogens with one attached hydrogen (secondary N) is 2. The summed E-state index contributed by atoms with van der Waals surface area (Å²) < 4.78 is 12.3. The van der Waals surface area contributed by atoms with Crippen LogP contribution < -0.4 is 20.1 Å². The van der Waals surface area contributed by atoms with Crippen molar-refractivity contribution in [2.75, 3.05) is 26.7 Å². The van der Waals surface area contributed by atoms with Gasteiger partial charge in [0, 0.05) is 11.0 Å². The summed E-state index contributed by atoms with van der Waals surface area (Å²) in [5, 5.41) is 6.97. The molecule has 1 aromatic carbocycles. The normalized spacial score (nSPS) is 16.0. The molecule has 1 fully saturated rings. The minimum atomic E-state index is 0.129. The molecule has 2 N–H and O–H groups in total. The van der Waals surface area contributed by atoms with E-state index in [2.05, 4.69) is 32.6 Å². The quantitative estimate of drug-likeness (QED) is 0.772. The van der Waals surface area contributed by atoms with E-state index in [4.69, 9.17) is 9.47 Å². The molecule has 0 spiro atoms. The lowest BCUT2D eigenvalue weighted by Gasteiger charge is -2.23. The number of piperidine rings is 1. The largest absolute Gasteiger partial charge is 0.493 e. The molecule has 5 heteroatoms. The molecule has 124 valence electrons. The van der Waals surface area contributed by atoms with Gasteiger partial charge in [0.1, 0.15) is 0 Å². The van der Waals surface area contributed by atoms with Crippen LogP contribution in [-0.2, 0) is 6.54 Å². The highest BCUT2D eigenvalue weighted by molar-refractivity contribution is 9.10. The number of ether oxygens (including phenoxy) is 2. The van der Waals surface area contributed by atoms with E-state index in [1.54, 1.807) is 7.11 Å². The van der Waals surface area contributed by atoms with Crippen LogP contribution in [0.3, 0.4) is 0 Å². The highest BCUT2D eigenvalue weighted by atomic mass is 79.9. The zero-order chi connectivity index (χ0) is 15.9. The molecule has 1 heterocycles. The van der Waals surface area contributed by atoms with Gasteiger partial charge in [0.25, 0.3) is 0 Å². The van der Waals surface area contributed by atoms with Gasteiger partial charge in [-0.3, -0.25) is 0 Å². The summed E-state index contributed by atoms with van der Waals surface area (Å²) in [6, 6.07) is 4.05. The van der Waals surface area contributed by atoms with E-state index in [1.165, 1.54) is 18.4 Å². The molecule has 0 bridgehead atoms. The first kappa shape index (κ1) is 17.6. The lowest BCUT2D eigenvalue weighted by atomic mass is 9.98. The molecule has 0 saturated carbocycles. The van der Waals surface area contributed by atoms with Gasteiger partial charge in [-0.05, 0) is 69.9 Å². The van der Waals surface area contributed by atoms with Crippen molar-refractivity contribution in [3.8, 4) is 11.5 Å². The van der Waals surface area contributed by atoms with Crippen LogP contribution in [0.4, 0.5) is 0 Å². The zero-order valence-corrected chi connectivity index (χ0v) is 15.3. The molecule has 0 aliphatic carbocycles. The molecular weight excluding hydrogens is 344 g/mol. The molecular formula is C17H27BrN2O2. The van der Waals surface area contributed by atoms with Gasteiger partial charge in [-0.25, -0.2) is 0 Å². The van der Waals surface area contributed by atoms with E-state index in [-0.39, 0.29) is 6.10 Å². The SMILES string of the molecule is COc1cc(CNCC2CCNCC2)c(Br)cc1OC(C)C. The lowest BCUT2D eigenvalue weighted by molar-refractivity contribution is 0.230. The summed E-state index contributed by atoms with van der Waals surface area (Å²) in [4.78, 5) is 0. The number of hydrogen-bond acceptors (Lipinski definition) is 4. The van der Waals surface area contributed by atoms with Crippen LogP contribution in [0.2, 0.25) is 0 Å². The molecule has 0 aromatic heterocycles. The maximum atomic E-state index is 5.79. The number of methoxy groups -OCH3 is 1. The third kappa shape index (κ3) is 5.14. The monoisotopic (exact) mass is 370 g/mol. The van der Waals surface area contributed by atoms with E-state index in [9.17, 15) is 0 Å². The molecule has 0 amide bonds. The summed E-state index contributed by atoms with van der Waals surface area (Å²) in [7, 11) is 1.68. The van der Waals surface area contributed by atoms with Crippen molar-refractivity contribution in [1.82, 2.24) is 10.6 Å². The Kier molecular flexibility index (Phi) is 6.99. The van der Waals surface area contributed by atoms with Gasteiger partial charge in [0.15, 0.2) is 11.5 Å². The van der Waals surface area contributed by atoms with Gasteiger partial charge in [-0.2, -0.15) is 0 Å². The van der Waals surface area contributed by atoms with E-state index in [0.717, 1.165) is 48.1 Å². The maximum absolute atomic E-state index is 5.79. The van der Waals surface area contributed by atoms with Crippen molar-refractivity contribution in [3.05, 3.63) is 22.2 Å². The van der Waals surface area contributed by atoms with Crippen LogP contribution in [0.1, 0.15) is 32.3 Å². The molecule has 1 aliphatic rings. The molecule has 22 heavy (non-hydrogen) atoms. The van der Waals surface area contributed by atoms with Crippen LogP contribution in [0.25, 0.3) is 0 Å². The van der Waals surface area contributed by atoms with Crippen LogP contribution in [-0.4, -0.2) is 32.8 Å². The molecule has 2 rings (SSSR count). The van der Waals surface area contributed by atoms with Crippen molar-refractivity contribution in [2.45, 2.75) is 39.3 Å². The summed E-state index contributed by atoms with van der Waals surface area (Å²) in [6.07, 6.45) is 2.65. The Bertz CT molecular complexity index is 474. The average molecular weight is 371 g/mol. The van der Waals surface area contributed by atoms with Gasteiger partial charge in [0.05, 0.1) is 13.2 Å². The zero-order valence-electron chi connectivity index (χ0n) is 13.7. The lowest BCUT2D eigenvalue weighted by Crippen LogP contribution is -2.33. The summed E-state index contributed by atoms with van der Waals surface area (Å²) in [5.74, 6) is 2.35. The second-order valence-electron chi connectivity index (χ2n) is 6.09. The second-order valence-corrected chi connectivity index (χ2v) is 6.94. The fourth-order valence-corrected chi connectivity index (χ4v) is 3.18. The molecule has 4 nitrogen and oxygen atoms in total. The summed E-state index contributed by atoms with van der Waals surface area (Å²) in [5.41, 5.74) is 1.20. The predicted octanol–water partition coefficient (Wildman–Crippen LogP) is 3.33. The Morgan fingerprint density at radius 3 is 2.64 bits per heavy atom. The Morgan fingerprint density at radius 1 is 1.27 bits per heavy atom. The minimum absolute atomic E-state index is 0.129. The van der Waals surface area contributed by atoms with Gasteiger partial charge < -0.3 is 20.1 Å². The topological polar surface area (TPSA) is 42.5 Å². The van der Waals surface area contributed by atoms with E-state index in [1.807, 2.05) is 19.9 Å². The third-order valence-electron chi connectivity index (χ3n) is 3.90. The van der Waals surface area contributed by atoms with E-state index >= 15 is 0 Å².